The first-order chi connectivity index (χ1) is 8.18. The molecule has 2 aromatic heterocycles. The molecule has 0 spiro atoms. The van der Waals surface area contributed by atoms with E-state index >= 15 is 0 Å². The number of carbonyl (C=O) groups is 2. The second-order valence-corrected chi connectivity index (χ2v) is 3.66. The van der Waals surface area contributed by atoms with Gasteiger partial charge in [0.2, 0.25) is 11.7 Å². The number of H-pyrrole nitrogens is 1. The van der Waals surface area contributed by atoms with Crippen LogP contribution in [-0.2, 0) is 11.3 Å². The van der Waals surface area contributed by atoms with Gasteiger partial charge in [0.1, 0.15) is 5.69 Å². The van der Waals surface area contributed by atoms with Crippen molar-refractivity contribution in [3.63, 3.8) is 0 Å². The Morgan fingerprint density at radius 3 is 3.18 bits per heavy atom. The minimum absolute atomic E-state index is 0.159. The molecule has 1 amide bonds. The highest BCUT2D eigenvalue weighted by Crippen LogP contribution is 2.24. The Morgan fingerprint density at radius 1 is 1.59 bits per heavy atom. The molecule has 3 N–H and O–H groups in total. The van der Waals surface area contributed by atoms with Gasteiger partial charge in [0.25, 0.3) is 0 Å². The van der Waals surface area contributed by atoms with Gasteiger partial charge in [0.05, 0.1) is 12.7 Å². The first kappa shape index (κ1) is 9.63. The maximum Gasteiger partial charge on any atom is 0.236 e. The normalized spacial score (nSPS) is 18.4. The first-order valence-corrected chi connectivity index (χ1v) is 4.80. The number of primary amides is 1. The number of aromatic amines is 1. The largest absolute Gasteiger partial charge is 0.369 e. The van der Waals surface area contributed by atoms with Crippen molar-refractivity contribution in [3.05, 3.63) is 23.3 Å². The SMILES string of the molecule is NC(=O)C1C(=O)c2[nH]ncc2Cn2nnnc21. The molecule has 86 valence electrons. The van der Waals surface area contributed by atoms with Crippen molar-refractivity contribution in [2.75, 3.05) is 0 Å². The fourth-order valence-electron chi connectivity index (χ4n) is 1.85. The molecule has 9 nitrogen and oxygen atoms in total. The molecule has 0 bridgehead atoms. The van der Waals surface area contributed by atoms with E-state index in [1.807, 2.05) is 0 Å². The van der Waals surface area contributed by atoms with E-state index in [9.17, 15) is 9.59 Å². The molecule has 0 aliphatic carbocycles. The molecule has 0 fully saturated rings. The average Bonchev–Trinajstić information content (AvgIpc) is 2.87. The highest BCUT2D eigenvalue weighted by molar-refractivity contribution is 6.13. The number of nitrogens with two attached hydrogens (primary N) is 1. The lowest BCUT2D eigenvalue weighted by atomic mass is 10.00. The smallest absolute Gasteiger partial charge is 0.236 e. The summed E-state index contributed by atoms with van der Waals surface area (Å²) < 4.78 is 1.37. The van der Waals surface area contributed by atoms with Crippen LogP contribution in [0, 0.1) is 0 Å². The highest BCUT2D eigenvalue weighted by atomic mass is 16.2. The van der Waals surface area contributed by atoms with Crippen molar-refractivity contribution in [1.82, 2.24) is 30.4 Å². The van der Waals surface area contributed by atoms with Crippen LogP contribution in [0.4, 0.5) is 0 Å². The maximum absolute atomic E-state index is 12.1. The summed E-state index contributed by atoms with van der Waals surface area (Å²) in [5.41, 5.74) is 6.12. The number of aromatic nitrogens is 6. The van der Waals surface area contributed by atoms with E-state index in [0.717, 1.165) is 0 Å². The van der Waals surface area contributed by atoms with Gasteiger partial charge >= 0.3 is 0 Å². The summed E-state index contributed by atoms with van der Waals surface area (Å²) in [6.45, 7) is 0.281. The number of nitrogens with one attached hydrogen (secondary N) is 1. The van der Waals surface area contributed by atoms with Crippen LogP contribution < -0.4 is 5.73 Å². The number of Topliss-reactive ketones (excluding diaryl/α,β-unsaturated/α-hetero) is 1. The van der Waals surface area contributed by atoms with Gasteiger partial charge in [-0.25, -0.2) is 4.68 Å². The Bertz CT molecular complexity index is 613. The molecular formula is C8H7N7O2. The predicted molar refractivity (Wildman–Crippen MR) is 51.8 cm³/mol. The first-order valence-electron chi connectivity index (χ1n) is 4.80. The molecule has 1 unspecified atom stereocenters. The number of rotatable bonds is 1. The van der Waals surface area contributed by atoms with E-state index in [4.69, 9.17) is 5.73 Å². The van der Waals surface area contributed by atoms with Gasteiger partial charge in [-0.3, -0.25) is 14.7 Å². The topological polar surface area (TPSA) is 132 Å². The molecule has 3 rings (SSSR count). The van der Waals surface area contributed by atoms with E-state index in [1.54, 1.807) is 0 Å². The van der Waals surface area contributed by atoms with Gasteiger partial charge < -0.3 is 5.73 Å². The quantitative estimate of drug-likeness (QED) is 0.559. The molecule has 0 saturated heterocycles. The van der Waals surface area contributed by atoms with Gasteiger partial charge in [-0.2, -0.15) is 5.10 Å². The fourth-order valence-corrected chi connectivity index (χ4v) is 1.85. The van der Waals surface area contributed by atoms with E-state index in [-0.39, 0.29) is 18.1 Å². The van der Waals surface area contributed by atoms with Gasteiger partial charge in [0.15, 0.2) is 11.7 Å². The second kappa shape index (κ2) is 3.20. The fraction of sp³-hybridized carbons (Fsp3) is 0.250. The predicted octanol–water partition coefficient (Wildman–Crippen LogP) is -1.79. The Hall–Kier alpha value is -2.58. The van der Waals surface area contributed by atoms with Crippen LogP contribution in [0.25, 0.3) is 0 Å². The number of fused-ring (bicyclic) bond motifs is 2. The molecule has 0 aromatic carbocycles. The van der Waals surface area contributed by atoms with E-state index in [2.05, 4.69) is 25.7 Å². The van der Waals surface area contributed by atoms with Gasteiger partial charge in [-0.05, 0) is 10.4 Å². The minimum Gasteiger partial charge on any atom is -0.369 e. The number of carbonyl (C=O) groups excluding carboxylic acids is 2. The zero-order valence-electron chi connectivity index (χ0n) is 8.49. The lowest BCUT2D eigenvalue weighted by molar-refractivity contribution is -0.118. The summed E-state index contributed by atoms with van der Waals surface area (Å²) in [6, 6.07) is 0. The molecule has 1 atom stereocenters. The monoisotopic (exact) mass is 233 g/mol. The van der Waals surface area contributed by atoms with Crippen molar-refractivity contribution in [3.8, 4) is 0 Å². The number of hydrogen-bond donors (Lipinski definition) is 2. The molecule has 1 aliphatic heterocycles. The third-order valence-corrected chi connectivity index (χ3v) is 2.65. The number of amides is 1. The third-order valence-electron chi connectivity index (χ3n) is 2.65. The molecule has 2 aromatic rings. The van der Waals surface area contributed by atoms with Crippen LogP contribution in [0.15, 0.2) is 6.20 Å². The van der Waals surface area contributed by atoms with Crippen molar-refractivity contribution in [2.24, 2.45) is 5.73 Å². The molecule has 9 heteroatoms. The number of ketones is 1. The van der Waals surface area contributed by atoms with Crippen LogP contribution in [0.5, 0.6) is 0 Å². The van der Waals surface area contributed by atoms with Crippen LogP contribution in [0.1, 0.15) is 27.8 Å². The summed E-state index contributed by atoms with van der Waals surface area (Å²) in [5.74, 6) is -2.26. The lowest BCUT2D eigenvalue weighted by Crippen LogP contribution is -2.30. The van der Waals surface area contributed by atoms with E-state index in [0.29, 0.717) is 5.56 Å². The summed E-state index contributed by atoms with van der Waals surface area (Å²) in [4.78, 5) is 23.5. The Kier molecular flexibility index (Phi) is 1.82. The molecule has 0 saturated carbocycles. The number of tetrazole rings is 1. The minimum atomic E-state index is -1.17. The van der Waals surface area contributed by atoms with Crippen LogP contribution in [-0.4, -0.2) is 42.1 Å². The number of nitrogens with zero attached hydrogens (tertiary/aromatic N) is 5. The highest BCUT2D eigenvalue weighted by Gasteiger charge is 2.37. The molecular weight excluding hydrogens is 226 g/mol. The van der Waals surface area contributed by atoms with Crippen molar-refractivity contribution >= 4 is 11.7 Å². The average molecular weight is 233 g/mol. The van der Waals surface area contributed by atoms with Crippen LogP contribution >= 0.6 is 0 Å². The number of hydrogen-bond acceptors (Lipinski definition) is 6. The van der Waals surface area contributed by atoms with Crippen molar-refractivity contribution in [2.45, 2.75) is 12.5 Å². The summed E-state index contributed by atoms with van der Waals surface area (Å²) in [6.07, 6.45) is 1.50. The van der Waals surface area contributed by atoms with Gasteiger partial charge in [-0.1, -0.05) is 0 Å². The van der Waals surface area contributed by atoms with Crippen LogP contribution in [0.2, 0.25) is 0 Å². The van der Waals surface area contributed by atoms with Gasteiger partial charge in [-0.15, -0.1) is 5.10 Å². The Balaban J connectivity index is 2.24. The molecule has 3 heterocycles. The van der Waals surface area contributed by atoms with E-state index in [1.165, 1.54) is 10.9 Å². The second-order valence-electron chi connectivity index (χ2n) is 3.66. The lowest BCUT2D eigenvalue weighted by Gasteiger charge is -2.06. The summed E-state index contributed by atoms with van der Waals surface area (Å²) in [7, 11) is 0. The van der Waals surface area contributed by atoms with E-state index < -0.39 is 17.6 Å². The van der Waals surface area contributed by atoms with Crippen molar-refractivity contribution in [1.29, 1.82) is 0 Å². The zero-order valence-corrected chi connectivity index (χ0v) is 8.49. The van der Waals surface area contributed by atoms with Crippen molar-refractivity contribution < 1.29 is 9.59 Å². The molecule has 0 radical (unpaired) electrons. The Labute approximate surface area is 94.0 Å². The maximum atomic E-state index is 12.1. The van der Waals surface area contributed by atoms with Crippen LogP contribution in [0.3, 0.4) is 0 Å². The van der Waals surface area contributed by atoms with Gasteiger partial charge in [0, 0.05) is 5.56 Å². The Morgan fingerprint density at radius 2 is 2.41 bits per heavy atom. The summed E-state index contributed by atoms with van der Waals surface area (Å²) >= 11 is 0. The molecule has 1 aliphatic rings. The zero-order chi connectivity index (χ0) is 12.0. The summed E-state index contributed by atoms with van der Waals surface area (Å²) in [5, 5.41) is 17.2. The molecule has 17 heavy (non-hydrogen) atoms. The third kappa shape index (κ3) is 1.25. The standard InChI is InChI=1S/C8H7N7O2/c9-7(17)4-6(16)5-3(1-10-11-5)2-15-8(4)12-13-14-15/h1,4H,2H2,(H2,9,17)(H,10,11).